The summed E-state index contributed by atoms with van der Waals surface area (Å²) < 4.78 is 24.4. The first-order valence-electron chi connectivity index (χ1n) is 7.35. The first-order chi connectivity index (χ1) is 10.3. The van der Waals surface area contributed by atoms with E-state index in [9.17, 15) is 13.7 Å². The average molecular weight is 322 g/mol. The Kier molecular flexibility index (Phi) is 5.04. The molecule has 0 spiro atoms. The molecule has 0 radical (unpaired) electrons. The van der Waals surface area contributed by atoms with Gasteiger partial charge in [-0.2, -0.15) is 5.26 Å². The van der Waals surface area contributed by atoms with E-state index in [1.807, 2.05) is 13.0 Å². The van der Waals surface area contributed by atoms with Crippen LogP contribution >= 0.6 is 0 Å². The molecule has 0 saturated carbocycles. The molecule has 0 aliphatic carbocycles. The highest BCUT2D eigenvalue weighted by atomic mass is 32.2. The van der Waals surface area contributed by atoms with Crippen molar-refractivity contribution in [1.29, 1.82) is 5.26 Å². The van der Waals surface area contributed by atoms with E-state index in [1.165, 1.54) is 10.6 Å². The van der Waals surface area contributed by atoms with Crippen LogP contribution in [0.2, 0.25) is 0 Å². The topological polar surface area (TPSA) is 77.3 Å². The van der Waals surface area contributed by atoms with E-state index in [0.29, 0.717) is 18.0 Å². The second kappa shape index (κ2) is 6.63. The first kappa shape index (κ1) is 16.7. The lowest BCUT2D eigenvalue weighted by Gasteiger charge is -2.34. The molecule has 6 nitrogen and oxygen atoms in total. The molecular weight excluding hydrogens is 300 g/mol. The van der Waals surface area contributed by atoms with Gasteiger partial charge in [-0.25, -0.2) is 17.7 Å². The van der Waals surface area contributed by atoms with Crippen molar-refractivity contribution in [2.75, 3.05) is 37.8 Å². The number of aromatic nitrogens is 1. The fraction of sp³-hybridized carbons (Fsp3) is 0.600. The van der Waals surface area contributed by atoms with Crippen LogP contribution in [0.15, 0.2) is 12.1 Å². The minimum Gasteiger partial charge on any atom is -0.355 e. The summed E-state index contributed by atoms with van der Waals surface area (Å²) in [7, 11) is -1.50. The minimum absolute atomic E-state index is 0.353. The van der Waals surface area contributed by atoms with Crippen molar-refractivity contribution in [3.05, 3.63) is 23.4 Å². The van der Waals surface area contributed by atoms with Crippen molar-refractivity contribution in [3.8, 4) is 6.07 Å². The van der Waals surface area contributed by atoms with Gasteiger partial charge in [-0.05, 0) is 37.8 Å². The van der Waals surface area contributed by atoms with Crippen LogP contribution in [0.3, 0.4) is 0 Å². The van der Waals surface area contributed by atoms with E-state index >= 15 is 0 Å². The van der Waals surface area contributed by atoms with E-state index in [-0.39, 0.29) is 0 Å². The van der Waals surface area contributed by atoms with Crippen LogP contribution in [0, 0.1) is 24.2 Å². The van der Waals surface area contributed by atoms with Crippen LogP contribution in [-0.4, -0.2) is 50.6 Å². The highest BCUT2D eigenvalue weighted by molar-refractivity contribution is 7.88. The monoisotopic (exact) mass is 322 g/mol. The third kappa shape index (κ3) is 3.96. The third-order valence-electron chi connectivity index (χ3n) is 4.13. The maximum Gasteiger partial charge on any atom is 0.210 e. The van der Waals surface area contributed by atoms with Crippen molar-refractivity contribution in [2.45, 2.75) is 19.8 Å². The van der Waals surface area contributed by atoms with Crippen LogP contribution in [0.25, 0.3) is 0 Å². The van der Waals surface area contributed by atoms with Gasteiger partial charge in [0.1, 0.15) is 11.9 Å². The largest absolute Gasteiger partial charge is 0.355 e. The summed E-state index contributed by atoms with van der Waals surface area (Å²) in [6, 6.07) is 5.84. The van der Waals surface area contributed by atoms with E-state index in [0.717, 1.165) is 37.4 Å². The number of sulfonamides is 1. The maximum atomic E-state index is 11.5. The van der Waals surface area contributed by atoms with Gasteiger partial charge in [0.05, 0.1) is 11.8 Å². The standard InChI is InChI=1S/C15H22N4O2S/c1-12-4-5-14(10-16)15(17-12)19-8-6-13(7-9-19)11-18(2)22(3,20)21/h4-5,13H,6-9,11H2,1-3H3. The Bertz CT molecular complexity index is 673. The molecule has 120 valence electrons. The molecule has 1 aromatic heterocycles. The molecular formula is C15H22N4O2S. The predicted molar refractivity (Wildman–Crippen MR) is 86.1 cm³/mol. The molecule has 1 aliphatic heterocycles. The van der Waals surface area contributed by atoms with E-state index in [4.69, 9.17) is 0 Å². The summed E-state index contributed by atoms with van der Waals surface area (Å²) in [5.74, 6) is 1.10. The molecule has 0 bridgehead atoms. The van der Waals surface area contributed by atoms with Gasteiger partial charge >= 0.3 is 0 Å². The highest BCUT2D eigenvalue weighted by Crippen LogP contribution is 2.25. The van der Waals surface area contributed by atoms with Crippen molar-refractivity contribution in [2.24, 2.45) is 5.92 Å². The number of anilines is 1. The smallest absolute Gasteiger partial charge is 0.210 e. The SMILES string of the molecule is Cc1ccc(C#N)c(N2CCC(CN(C)S(C)(=O)=O)CC2)n1. The second-order valence-corrected chi connectivity index (χ2v) is 8.00. The zero-order valence-electron chi connectivity index (χ0n) is 13.3. The number of hydrogen-bond donors (Lipinski definition) is 0. The Morgan fingerprint density at radius 3 is 2.59 bits per heavy atom. The molecule has 0 unspecified atom stereocenters. The van der Waals surface area contributed by atoms with Crippen molar-refractivity contribution >= 4 is 15.8 Å². The molecule has 1 aromatic rings. The van der Waals surface area contributed by atoms with Gasteiger partial charge in [0, 0.05) is 32.4 Å². The molecule has 1 aliphatic rings. The number of pyridine rings is 1. The molecule has 0 atom stereocenters. The first-order valence-corrected chi connectivity index (χ1v) is 9.20. The second-order valence-electron chi connectivity index (χ2n) is 5.91. The predicted octanol–water partition coefficient (Wildman–Crippen LogP) is 1.37. The fourth-order valence-electron chi connectivity index (χ4n) is 2.70. The lowest BCUT2D eigenvalue weighted by atomic mass is 9.96. The Balaban J connectivity index is 2.01. The van der Waals surface area contributed by atoms with Crippen molar-refractivity contribution in [3.63, 3.8) is 0 Å². The Hall–Kier alpha value is -1.65. The summed E-state index contributed by atoms with van der Waals surface area (Å²) in [5.41, 5.74) is 1.49. The summed E-state index contributed by atoms with van der Waals surface area (Å²) in [4.78, 5) is 6.62. The van der Waals surface area contributed by atoms with Crippen molar-refractivity contribution < 1.29 is 8.42 Å². The van der Waals surface area contributed by atoms with Gasteiger partial charge in [-0.1, -0.05) is 0 Å². The Labute approximate surface area is 132 Å². The van der Waals surface area contributed by atoms with Gasteiger partial charge in [0.2, 0.25) is 10.0 Å². The summed E-state index contributed by atoms with van der Waals surface area (Å²) in [6.45, 7) is 4.07. The van der Waals surface area contributed by atoms with Gasteiger partial charge in [0.15, 0.2) is 0 Å². The molecule has 2 rings (SSSR count). The molecule has 7 heteroatoms. The Morgan fingerprint density at radius 1 is 1.41 bits per heavy atom. The van der Waals surface area contributed by atoms with Crippen LogP contribution in [0.1, 0.15) is 24.1 Å². The van der Waals surface area contributed by atoms with Crippen LogP contribution in [0.4, 0.5) is 5.82 Å². The van der Waals surface area contributed by atoms with Gasteiger partial charge in [-0.3, -0.25) is 0 Å². The number of hydrogen-bond acceptors (Lipinski definition) is 5. The number of nitrogens with zero attached hydrogens (tertiary/aromatic N) is 4. The van der Waals surface area contributed by atoms with E-state index in [1.54, 1.807) is 13.1 Å². The molecule has 2 heterocycles. The number of piperidine rings is 1. The number of aryl methyl sites for hydroxylation is 1. The minimum atomic E-state index is -3.12. The lowest BCUT2D eigenvalue weighted by molar-refractivity contribution is 0.328. The summed E-state index contributed by atoms with van der Waals surface area (Å²) in [5, 5.41) is 9.21. The molecule has 1 saturated heterocycles. The molecule has 0 amide bonds. The van der Waals surface area contributed by atoms with Crippen LogP contribution in [-0.2, 0) is 10.0 Å². The van der Waals surface area contributed by atoms with Crippen LogP contribution < -0.4 is 4.90 Å². The maximum absolute atomic E-state index is 11.5. The quantitative estimate of drug-likeness (QED) is 0.836. The normalized spacial score (nSPS) is 16.8. The zero-order valence-corrected chi connectivity index (χ0v) is 14.1. The molecule has 0 N–H and O–H groups in total. The van der Waals surface area contributed by atoms with E-state index < -0.39 is 10.0 Å². The van der Waals surface area contributed by atoms with Gasteiger partial charge in [0.25, 0.3) is 0 Å². The van der Waals surface area contributed by atoms with Crippen LogP contribution in [0.5, 0.6) is 0 Å². The van der Waals surface area contributed by atoms with Gasteiger partial charge in [-0.15, -0.1) is 0 Å². The fourth-order valence-corrected chi connectivity index (χ4v) is 3.18. The summed E-state index contributed by atoms with van der Waals surface area (Å²) >= 11 is 0. The lowest BCUT2D eigenvalue weighted by Crippen LogP contribution is -2.39. The van der Waals surface area contributed by atoms with Gasteiger partial charge < -0.3 is 4.90 Å². The third-order valence-corrected chi connectivity index (χ3v) is 5.41. The summed E-state index contributed by atoms with van der Waals surface area (Å²) in [6.07, 6.45) is 3.04. The number of rotatable bonds is 4. The van der Waals surface area contributed by atoms with E-state index in [2.05, 4.69) is 16.0 Å². The zero-order chi connectivity index (χ0) is 16.3. The van der Waals surface area contributed by atoms with Crippen molar-refractivity contribution in [1.82, 2.24) is 9.29 Å². The molecule has 22 heavy (non-hydrogen) atoms. The molecule has 1 fully saturated rings. The number of nitriles is 1. The Morgan fingerprint density at radius 2 is 2.05 bits per heavy atom. The highest BCUT2D eigenvalue weighted by Gasteiger charge is 2.25. The average Bonchev–Trinajstić information content (AvgIpc) is 2.47. The molecule has 0 aromatic carbocycles.